The van der Waals surface area contributed by atoms with Crippen molar-refractivity contribution in [1.82, 2.24) is 9.97 Å². The van der Waals surface area contributed by atoms with Gasteiger partial charge in [0.25, 0.3) is 0 Å². The zero-order valence-corrected chi connectivity index (χ0v) is 12.4. The molecule has 1 aromatic heterocycles. The van der Waals surface area contributed by atoms with Crippen LogP contribution < -0.4 is 5.73 Å². The largest absolute Gasteiger partial charge is 0.398 e. The van der Waals surface area contributed by atoms with Crippen molar-refractivity contribution >= 4 is 32.7 Å². The van der Waals surface area contributed by atoms with E-state index in [4.69, 9.17) is 5.73 Å². The van der Waals surface area contributed by atoms with Crippen LogP contribution in [0.1, 0.15) is 11.1 Å². The highest BCUT2D eigenvalue weighted by Gasteiger charge is 2.09. The summed E-state index contributed by atoms with van der Waals surface area (Å²) in [6, 6.07) is 10.0. The number of aromatic amines is 1. The van der Waals surface area contributed by atoms with Gasteiger partial charge in [0.05, 0.1) is 11.0 Å². The summed E-state index contributed by atoms with van der Waals surface area (Å²) >= 11 is 3.41. The van der Waals surface area contributed by atoms with E-state index in [9.17, 15) is 0 Å². The number of nitrogens with one attached hydrogen (secondary N) is 1. The molecule has 0 aliphatic carbocycles. The molecule has 0 spiro atoms. The van der Waals surface area contributed by atoms with Gasteiger partial charge >= 0.3 is 0 Å². The number of H-pyrrole nitrogens is 1. The lowest BCUT2D eigenvalue weighted by Gasteiger charge is -2.02. The molecule has 19 heavy (non-hydrogen) atoms. The Morgan fingerprint density at radius 3 is 2.58 bits per heavy atom. The number of halogens is 1. The number of imidazole rings is 1. The van der Waals surface area contributed by atoms with Gasteiger partial charge in [-0.15, -0.1) is 0 Å². The lowest BCUT2D eigenvalue weighted by Crippen LogP contribution is -1.91. The normalized spacial score (nSPS) is 11.1. The Labute approximate surface area is 120 Å². The molecule has 0 amide bonds. The lowest BCUT2D eigenvalue weighted by molar-refractivity contribution is 1.33. The first kappa shape index (κ1) is 12.2. The van der Waals surface area contributed by atoms with Crippen LogP contribution in [0.4, 0.5) is 5.69 Å². The van der Waals surface area contributed by atoms with Gasteiger partial charge in [0, 0.05) is 15.7 Å². The number of aromatic nitrogens is 2. The summed E-state index contributed by atoms with van der Waals surface area (Å²) in [5, 5.41) is 0. The molecule has 1 heterocycles. The monoisotopic (exact) mass is 315 g/mol. The van der Waals surface area contributed by atoms with Gasteiger partial charge in [0.2, 0.25) is 0 Å². The fourth-order valence-corrected chi connectivity index (χ4v) is 2.53. The van der Waals surface area contributed by atoms with E-state index >= 15 is 0 Å². The fourth-order valence-electron chi connectivity index (χ4n) is 2.15. The summed E-state index contributed by atoms with van der Waals surface area (Å²) in [4.78, 5) is 7.96. The van der Waals surface area contributed by atoms with Crippen LogP contribution >= 0.6 is 15.9 Å². The third-order valence-corrected chi connectivity index (χ3v) is 3.86. The van der Waals surface area contributed by atoms with Gasteiger partial charge in [0.15, 0.2) is 0 Å². The molecule has 3 nitrogen and oxygen atoms in total. The van der Waals surface area contributed by atoms with E-state index in [0.717, 1.165) is 26.9 Å². The van der Waals surface area contributed by atoms with Crippen molar-refractivity contribution in [2.45, 2.75) is 13.8 Å². The Morgan fingerprint density at radius 1 is 1.11 bits per heavy atom. The molecule has 0 bridgehead atoms. The second-order valence-electron chi connectivity index (χ2n) is 4.77. The average molecular weight is 316 g/mol. The highest BCUT2D eigenvalue weighted by molar-refractivity contribution is 9.10. The van der Waals surface area contributed by atoms with E-state index in [-0.39, 0.29) is 0 Å². The van der Waals surface area contributed by atoms with Crippen LogP contribution in [0.2, 0.25) is 0 Å². The molecule has 96 valence electrons. The van der Waals surface area contributed by atoms with E-state index in [1.165, 1.54) is 11.1 Å². The predicted octanol–water partition coefficient (Wildman–Crippen LogP) is 4.19. The molecule has 0 aliphatic rings. The molecule has 0 atom stereocenters. The van der Waals surface area contributed by atoms with Gasteiger partial charge in [-0.2, -0.15) is 0 Å². The number of rotatable bonds is 1. The summed E-state index contributed by atoms with van der Waals surface area (Å²) in [7, 11) is 0. The number of hydrogen-bond acceptors (Lipinski definition) is 2. The summed E-state index contributed by atoms with van der Waals surface area (Å²) in [6.07, 6.45) is 0. The van der Waals surface area contributed by atoms with E-state index in [1.54, 1.807) is 0 Å². The summed E-state index contributed by atoms with van der Waals surface area (Å²) in [5.41, 5.74) is 12.2. The van der Waals surface area contributed by atoms with Crippen LogP contribution in [0.3, 0.4) is 0 Å². The number of hydrogen-bond donors (Lipinski definition) is 2. The molecule has 2 aromatic carbocycles. The maximum absolute atomic E-state index is 6.05. The first-order valence-electron chi connectivity index (χ1n) is 6.07. The summed E-state index contributed by atoms with van der Waals surface area (Å²) in [5.74, 6) is 0.810. The van der Waals surface area contributed by atoms with E-state index in [0.29, 0.717) is 5.69 Å². The van der Waals surface area contributed by atoms with Crippen molar-refractivity contribution in [3.05, 3.63) is 45.9 Å². The zero-order valence-electron chi connectivity index (χ0n) is 10.8. The molecule has 3 N–H and O–H groups in total. The van der Waals surface area contributed by atoms with Gasteiger partial charge in [0.1, 0.15) is 5.82 Å². The van der Waals surface area contributed by atoms with Gasteiger partial charge in [-0.3, -0.25) is 0 Å². The van der Waals surface area contributed by atoms with Crippen molar-refractivity contribution in [2.24, 2.45) is 0 Å². The maximum atomic E-state index is 6.05. The fraction of sp³-hybridized carbons (Fsp3) is 0.133. The smallest absolute Gasteiger partial charge is 0.140 e. The van der Waals surface area contributed by atoms with Crippen LogP contribution in [-0.4, -0.2) is 9.97 Å². The molecule has 0 saturated heterocycles. The number of nitrogen functional groups attached to an aromatic ring is 1. The Morgan fingerprint density at radius 2 is 1.84 bits per heavy atom. The zero-order chi connectivity index (χ0) is 13.6. The molecular weight excluding hydrogens is 302 g/mol. The quantitative estimate of drug-likeness (QED) is 0.661. The van der Waals surface area contributed by atoms with Crippen molar-refractivity contribution in [3.8, 4) is 11.4 Å². The molecule has 0 fully saturated rings. The Balaban J connectivity index is 2.20. The Bertz CT molecular complexity index is 735. The highest BCUT2D eigenvalue weighted by atomic mass is 79.9. The first-order chi connectivity index (χ1) is 9.04. The molecule has 4 heteroatoms. The number of aryl methyl sites for hydroxylation is 2. The van der Waals surface area contributed by atoms with E-state index in [2.05, 4.69) is 51.9 Å². The third kappa shape index (κ3) is 2.12. The predicted molar refractivity (Wildman–Crippen MR) is 83.1 cm³/mol. The minimum Gasteiger partial charge on any atom is -0.398 e. The molecule has 0 aliphatic heterocycles. The maximum Gasteiger partial charge on any atom is 0.140 e. The summed E-state index contributed by atoms with van der Waals surface area (Å²) < 4.78 is 0.969. The molecule has 3 rings (SSSR count). The van der Waals surface area contributed by atoms with E-state index in [1.807, 2.05) is 18.2 Å². The van der Waals surface area contributed by atoms with Gasteiger partial charge in [-0.05, 0) is 55.3 Å². The van der Waals surface area contributed by atoms with Crippen LogP contribution in [0.25, 0.3) is 22.4 Å². The standard InChI is InChI=1S/C15H14BrN3/c1-8-5-13-14(6-9(8)2)19-15(18-13)11-4-3-10(16)7-12(11)17/h3-7H,17H2,1-2H3,(H,18,19). The minimum atomic E-state index is 0.710. The second kappa shape index (κ2) is 4.38. The van der Waals surface area contributed by atoms with Gasteiger partial charge < -0.3 is 10.7 Å². The minimum absolute atomic E-state index is 0.710. The average Bonchev–Trinajstić information content (AvgIpc) is 2.72. The number of benzene rings is 2. The van der Waals surface area contributed by atoms with Crippen molar-refractivity contribution < 1.29 is 0 Å². The van der Waals surface area contributed by atoms with Crippen molar-refractivity contribution in [1.29, 1.82) is 0 Å². The van der Waals surface area contributed by atoms with Gasteiger partial charge in [-0.1, -0.05) is 15.9 Å². The topological polar surface area (TPSA) is 54.7 Å². The van der Waals surface area contributed by atoms with Crippen LogP contribution in [0.5, 0.6) is 0 Å². The lowest BCUT2D eigenvalue weighted by atomic mass is 10.1. The SMILES string of the molecule is Cc1cc2nc(-c3ccc(Br)cc3N)[nH]c2cc1C. The molecule has 0 unspecified atom stereocenters. The number of nitrogens with two attached hydrogens (primary N) is 1. The number of anilines is 1. The van der Waals surface area contributed by atoms with Crippen molar-refractivity contribution in [3.63, 3.8) is 0 Å². The number of nitrogens with zero attached hydrogens (tertiary/aromatic N) is 1. The molecular formula is C15H14BrN3. The van der Waals surface area contributed by atoms with Crippen LogP contribution in [0.15, 0.2) is 34.8 Å². The molecule has 0 radical (unpaired) electrons. The Hall–Kier alpha value is -1.81. The summed E-state index contributed by atoms with van der Waals surface area (Å²) in [6.45, 7) is 4.19. The second-order valence-corrected chi connectivity index (χ2v) is 5.69. The first-order valence-corrected chi connectivity index (χ1v) is 6.86. The van der Waals surface area contributed by atoms with Crippen LogP contribution in [-0.2, 0) is 0 Å². The Kier molecular flexibility index (Phi) is 2.82. The molecule has 3 aromatic rings. The van der Waals surface area contributed by atoms with Gasteiger partial charge in [-0.25, -0.2) is 4.98 Å². The van der Waals surface area contributed by atoms with Crippen LogP contribution in [0, 0.1) is 13.8 Å². The van der Waals surface area contributed by atoms with E-state index < -0.39 is 0 Å². The number of fused-ring (bicyclic) bond motifs is 1. The third-order valence-electron chi connectivity index (χ3n) is 3.37. The van der Waals surface area contributed by atoms with Crippen molar-refractivity contribution in [2.75, 3.05) is 5.73 Å². The molecule has 0 saturated carbocycles. The highest BCUT2D eigenvalue weighted by Crippen LogP contribution is 2.28.